The third-order valence-electron chi connectivity index (χ3n) is 3.24. The minimum Gasteiger partial charge on any atom is -0.493 e. The summed E-state index contributed by atoms with van der Waals surface area (Å²) in [6, 6.07) is 7.87. The first-order valence-electron chi connectivity index (χ1n) is 7.12. The van der Waals surface area contributed by atoms with Crippen LogP contribution in [0.2, 0.25) is 0 Å². The average Bonchev–Trinajstić information content (AvgIpc) is 2.46. The second-order valence-electron chi connectivity index (χ2n) is 5.38. The number of nitrogens with two attached hydrogens (primary N) is 1. The molecule has 0 fully saturated rings. The van der Waals surface area contributed by atoms with E-state index in [1.807, 2.05) is 24.3 Å². The lowest BCUT2D eigenvalue weighted by Gasteiger charge is -2.22. The van der Waals surface area contributed by atoms with Gasteiger partial charge in [0.2, 0.25) is 0 Å². The molecular weight excluding hydrogens is 254 g/mol. The van der Waals surface area contributed by atoms with Gasteiger partial charge >= 0.3 is 0 Å². The zero-order chi connectivity index (χ0) is 14.8. The van der Waals surface area contributed by atoms with Crippen molar-refractivity contribution in [1.29, 1.82) is 0 Å². The maximum Gasteiger partial charge on any atom is 0.119 e. The summed E-state index contributed by atoms with van der Waals surface area (Å²) in [6.45, 7) is 6.73. The van der Waals surface area contributed by atoms with Gasteiger partial charge < -0.3 is 19.9 Å². The van der Waals surface area contributed by atoms with Crippen LogP contribution < -0.4 is 10.5 Å². The summed E-state index contributed by atoms with van der Waals surface area (Å²) in [5, 5.41) is 0. The quantitative estimate of drug-likeness (QED) is 0.670. The zero-order valence-corrected chi connectivity index (χ0v) is 12.9. The number of methoxy groups -OCH3 is 1. The number of rotatable bonds is 10. The molecule has 0 radical (unpaired) electrons. The van der Waals surface area contributed by atoms with Gasteiger partial charge in [0.15, 0.2) is 0 Å². The van der Waals surface area contributed by atoms with Gasteiger partial charge in [0.25, 0.3) is 0 Å². The van der Waals surface area contributed by atoms with Gasteiger partial charge in [-0.05, 0) is 38.0 Å². The summed E-state index contributed by atoms with van der Waals surface area (Å²) in [6.07, 6.45) is 1.77. The van der Waals surface area contributed by atoms with E-state index < -0.39 is 0 Å². The van der Waals surface area contributed by atoms with Crippen LogP contribution in [0.15, 0.2) is 24.3 Å². The molecule has 4 heteroatoms. The molecule has 0 bridgehead atoms. The van der Waals surface area contributed by atoms with E-state index in [9.17, 15) is 0 Å². The highest BCUT2D eigenvalue weighted by Gasteiger charge is 2.15. The van der Waals surface area contributed by atoms with Crippen molar-refractivity contribution in [2.24, 2.45) is 5.73 Å². The van der Waals surface area contributed by atoms with Crippen LogP contribution in [0.1, 0.15) is 32.3 Å². The van der Waals surface area contributed by atoms with Crippen molar-refractivity contribution in [2.75, 3.05) is 26.9 Å². The monoisotopic (exact) mass is 281 g/mol. The highest BCUT2D eigenvalue weighted by atomic mass is 16.5. The molecule has 0 unspecified atom stereocenters. The number of hydrogen-bond donors (Lipinski definition) is 1. The van der Waals surface area contributed by atoms with E-state index in [0.717, 1.165) is 24.2 Å². The molecule has 0 aliphatic rings. The van der Waals surface area contributed by atoms with E-state index in [1.165, 1.54) is 0 Å². The number of benzene rings is 1. The Labute approximate surface area is 122 Å². The summed E-state index contributed by atoms with van der Waals surface area (Å²) in [4.78, 5) is 0. The molecule has 0 amide bonds. The Balaban J connectivity index is 2.07. The van der Waals surface area contributed by atoms with E-state index in [2.05, 4.69) is 13.8 Å². The minimum absolute atomic E-state index is 0.112. The van der Waals surface area contributed by atoms with Crippen molar-refractivity contribution in [1.82, 2.24) is 0 Å². The summed E-state index contributed by atoms with van der Waals surface area (Å²) in [7, 11) is 1.73. The van der Waals surface area contributed by atoms with Gasteiger partial charge in [-0.15, -0.1) is 0 Å². The largest absolute Gasteiger partial charge is 0.493 e. The van der Waals surface area contributed by atoms with Crippen LogP contribution in [-0.4, -0.2) is 32.5 Å². The third-order valence-corrected chi connectivity index (χ3v) is 3.24. The Morgan fingerprint density at radius 2 is 1.95 bits per heavy atom. The SMILES string of the molecule is COC(C)(C)CCOCCCOc1cccc(CN)c1. The van der Waals surface area contributed by atoms with Crippen molar-refractivity contribution < 1.29 is 14.2 Å². The predicted octanol–water partition coefficient (Wildman–Crippen LogP) is 2.75. The van der Waals surface area contributed by atoms with Gasteiger partial charge in [0.05, 0.1) is 12.2 Å². The fourth-order valence-corrected chi connectivity index (χ4v) is 1.64. The Morgan fingerprint density at radius 3 is 2.65 bits per heavy atom. The van der Waals surface area contributed by atoms with Crippen LogP contribution in [0.3, 0.4) is 0 Å². The molecule has 1 aromatic carbocycles. The molecule has 0 atom stereocenters. The highest BCUT2D eigenvalue weighted by Crippen LogP contribution is 2.14. The normalized spacial score (nSPS) is 11.6. The van der Waals surface area contributed by atoms with E-state index in [4.69, 9.17) is 19.9 Å². The zero-order valence-electron chi connectivity index (χ0n) is 12.9. The molecule has 0 aromatic heterocycles. The maximum absolute atomic E-state index is 5.66. The van der Waals surface area contributed by atoms with Gasteiger partial charge in [0.1, 0.15) is 5.75 Å². The Morgan fingerprint density at radius 1 is 1.15 bits per heavy atom. The molecule has 0 aliphatic carbocycles. The van der Waals surface area contributed by atoms with E-state index in [-0.39, 0.29) is 5.60 Å². The molecule has 1 rings (SSSR count). The summed E-state index contributed by atoms with van der Waals surface area (Å²) >= 11 is 0. The lowest BCUT2D eigenvalue weighted by atomic mass is 10.1. The second kappa shape index (κ2) is 8.95. The summed E-state index contributed by atoms with van der Waals surface area (Å²) in [5.74, 6) is 0.869. The lowest BCUT2D eigenvalue weighted by Crippen LogP contribution is -2.24. The smallest absolute Gasteiger partial charge is 0.119 e. The fourth-order valence-electron chi connectivity index (χ4n) is 1.64. The standard InChI is InChI=1S/C16H27NO3/c1-16(2,18-3)8-11-19-9-5-10-20-15-7-4-6-14(12-15)13-17/h4,6-7,12H,5,8-11,13,17H2,1-3H3. The molecule has 0 aliphatic heterocycles. The molecule has 114 valence electrons. The molecule has 4 nitrogen and oxygen atoms in total. The second-order valence-corrected chi connectivity index (χ2v) is 5.38. The maximum atomic E-state index is 5.66. The van der Waals surface area contributed by atoms with E-state index >= 15 is 0 Å². The van der Waals surface area contributed by atoms with Crippen molar-refractivity contribution in [2.45, 2.75) is 38.8 Å². The predicted molar refractivity (Wildman–Crippen MR) is 81.0 cm³/mol. The van der Waals surface area contributed by atoms with Crippen LogP contribution in [0.5, 0.6) is 5.75 Å². The molecule has 0 heterocycles. The molecule has 0 saturated carbocycles. The topological polar surface area (TPSA) is 53.7 Å². The van der Waals surface area contributed by atoms with Gasteiger partial charge in [-0.3, -0.25) is 0 Å². The Hall–Kier alpha value is -1.10. The Kier molecular flexibility index (Phi) is 7.59. The minimum atomic E-state index is -0.112. The molecule has 0 saturated heterocycles. The summed E-state index contributed by atoms with van der Waals surface area (Å²) in [5.41, 5.74) is 6.56. The van der Waals surface area contributed by atoms with Crippen molar-refractivity contribution in [3.63, 3.8) is 0 Å². The van der Waals surface area contributed by atoms with Gasteiger partial charge in [0, 0.05) is 33.3 Å². The van der Waals surface area contributed by atoms with Crippen molar-refractivity contribution >= 4 is 0 Å². The number of hydrogen-bond acceptors (Lipinski definition) is 4. The van der Waals surface area contributed by atoms with Crippen LogP contribution in [0, 0.1) is 0 Å². The Bertz CT molecular complexity index is 380. The first-order valence-corrected chi connectivity index (χ1v) is 7.12. The molecule has 2 N–H and O–H groups in total. The number of ether oxygens (including phenoxy) is 3. The first kappa shape index (κ1) is 17.0. The van der Waals surface area contributed by atoms with E-state index in [1.54, 1.807) is 7.11 Å². The van der Waals surface area contributed by atoms with Gasteiger partial charge in [-0.25, -0.2) is 0 Å². The summed E-state index contributed by atoms with van der Waals surface area (Å²) < 4.78 is 16.6. The molecule has 20 heavy (non-hydrogen) atoms. The lowest BCUT2D eigenvalue weighted by molar-refractivity contribution is -0.0107. The van der Waals surface area contributed by atoms with Crippen molar-refractivity contribution in [3.8, 4) is 5.75 Å². The fraction of sp³-hybridized carbons (Fsp3) is 0.625. The van der Waals surface area contributed by atoms with Crippen LogP contribution in [0.4, 0.5) is 0 Å². The average molecular weight is 281 g/mol. The van der Waals surface area contributed by atoms with Crippen LogP contribution >= 0.6 is 0 Å². The van der Waals surface area contributed by atoms with Crippen LogP contribution in [0.25, 0.3) is 0 Å². The third kappa shape index (κ3) is 6.89. The van der Waals surface area contributed by atoms with E-state index in [0.29, 0.717) is 26.4 Å². The highest BCUT2D eigenvalue weighted by molar-refractivity contribution is 5.28. The van der Waals surface area contributed by atoms with Crippen molar-refractivity contribution in [3.05, 3.63) is 29.8 Å². The molecular formula is C16H27NO3. The first-order chi connectivity index (χ1) is 9.57. The van der Waals surface area contributed by atoms with Gasteiger partial charge in [-0.1, -0.05) is 12.1 Å². The van der Waals surface area contributed by atoms with Crippen LogP contribution in [-0.2, 0) is 16.0 Å². The van der Waals surface area contributed by atoms with Gasteiger partial charge in [-0.2, -0.15) is 0 Å². The molecule has 0 spiro atoms. The molecule has 1 aromatic rings.